The van der Waals surface area contributed by atoms with Crippen molar-refractivity contribution in [3.8, 4) is 0 Å². The molecule has 1 aromatic carbocycles. The fourth-order valence-corrected chi connectivity index (χ4v) is 1.90. The van der Waals surface area contributed by atoms with E-state index in [-0.39, 0.29) is 5.56 Å². The van der Waals surface area contributed by atoms with E-state index >= 15 is 0 Å². The highest BCUT2D eigenvalue weighted by molar-refractivity contribution is 14.1. The van der Waals surface area contributed by atoms with Gasteiger partial charge in [0.2, 0.25) is 0 Å². The molecule has 1 rings (SSSR count). The van der Waals surface area contributed by atoms with Crippen molar-refractivity contribution < 1.29 is 9.18 Å². The molecule has 0 saturated heterocycles. The van der Waals surface area contributed by atoms with Crippen LogP contribution in [0.1, 0.15) is 23.2 Å². The number of hydrogen-bond donors (Lipinski definition) is 1. The summed E-state index contributed by atoms with van der Waals surface area (Å²) < 4.78 is 14.3. The lowest BCUT2D eigenvalue weighted by molar-refractivity contribution is 0.0949. The third-order valence-electron chi connectivity index (χ3n) is 2.02. The first kappa shape index (κ1) is 13.7. The normalized spacial score (nSPS) is 10.2. The Morgan fingerprint density at radius 1 is 1.44 bits per heavy atom. The van der Waals surface area contributed by atoms with Crippen molar-refractivity contribution in [2.75, 3.05) is 11.0 Å². The Labute approximate surface area is 113 Å². The number of halogens is 3. The fraction of sp³-hybridized carbons (Fsp3) is 0.364. The maximum atomic E-state index is 13.3. The summed E-state index contributed by atoms with van der Waals surface area (Å²) in [6.45, 7) is 0.563. The van der Waals surface area contributed by atoms with Gasteiger partial charge in [0, 0.05) is 11.6 Å². The summed E-state index contributed by atoms with van der Waals surface area (Å²) in [7, 11) is 0. The number of amides is 1. The van der Waals surface area contributed by atoms with Gasteiger partial charge < -0.3 is 5.32 Å². The van der Waals surface area contributed by atoms with Gasteiger partial charge in [-0.3, -0.25) is 4.79 Å². The van der Waals surface area contributed by atoms with E-state index in [0.717, 1.165) is 17.3 Å². The Kier molecular flexibility index (Phi) is 6.05. The molecule has 0 aromatic heterocycles. The van der Waals surface area contributed by atoms with Gasteiger partial charge >= 0.3 is 0 Å². The zero-order valence-corrected chi connectivity index (χ0v) is 11.5. The summed E-state index contributed by atoms with van der Waals surface area (Å²) in [5, 5.41) is 3.02. The van der Waals surface area contributed by atoms with E-state index in [4.69, 9.17) is 11.6 Å². The van der Waals surface area contributed by atoms with Gasteiger partial charge in [-0.15, -0.1) is 0 Å². The molecule has 2 nitrogen and oxygen atoms in total. The molecule has 0 bridgehead atoms. The number of carbonyl (C=O) groups is 1. The van der Waals surface area contributed by atoms with Gasteiger partial charge in [0.1, 0.15) is 5.82 Å². The fourth-order valence-electron chi connectivity index (χ4n) is 1.19. The van der Waals surface area contributed by atoms with Crippen molar-refractivity contribution in [3.05, 3.63) is 34.6 Å². The summed E-state index contributed by atoms with van der Waals surface area (Å²) in [6.07, 6.45) is 1.94. The molecule has 0 fully saturated rings. The first-order valence-electron chi connectivity index (χ1n) is 4.94. The minimum absolute atomic E-state index is 0.00183. The Morgan fingerprint density at radius 3 is 2.88 bits per heavy atom. The molecule has 1 amide bonds. The number of nitrogens with one attached hydrogen (secondary N) is 1. The molecule has 16 heavy (non-hydrogen) atoms. The van der Waals surface area contributed by atoms with Crippen LogP contribution in [-0.2, 0) is 0 Å². The predicted molar refractivity (Wildman–Crippen MR) is 71.9 cm³/mol. The minimum Gasteiger partial charge on any atom is -0.352 e. The van der Waals surface area contributed by atoms with Crippen molar-refractivity contribution in [1.82, 2.24) is 5.32 Å². The van der Waals surface area contributed by atoms with Crippen LogP contribution in [0, 0.1) is 5.82 Å². The van der Waals surface area contributed by atoms with E-state index in [1.165, 1.54) is 18.2 Å². The van der Waals surface area contributed by atoms with Gasteiger partial charge in [-0.05, 0) is 35.5 Å². The number of unbranched alkanes of at least 4 members (excludes halogenated alkanes) is 1. The molecule has 0 aliphatic carbocycles. The van der Waals surface area contributed by atoms with Crippen LogP contribution in [0.15, 0.2) is 18.2 Å². The van der Waals surface area contributed by atoms with Crippen LogP contribution >= 0.6 is 34.2 Å². The lowest BCUT2D eigenvalue weighted by atomic mass is 10.2. The Morgan fingerprint density at radius 2 is 2.19 bits per heavy atom. The Bertz CT molecular complexity index is 373. The average molecular weight is 356 g/mol. The van der Waals surface area contributed by atoms with Crippen LogP contribution in [0.3, 0.4) is 0 Å². The molecule has 0 spiro atoms. The first-order valence-corrected chi connectivity index (χ1v) is 6.84. The second-order valence-corrected chi connectivity index (χ2v) is 4.79. The second kappa shape index (κ2) is 7.06. The van der Waals surface area contributed by atoms with Gasteiger partial charge in [-0.2, -0.15) is 0 Å². The maximum absolute atomic E-state index is 13.3. The van der Waals surface area contributed by atoms with E-state index < -0.39 is 11.7 Å². The highest BCUT2D eigenvalue weighted by Crippen LogP contribution is 2.14. The molecule has 1 aromatic rings. The van der Waals surface area contributed by atoms with Crippen LogP contribution in [0.2, 0.25) is 5.02 Å². The van der Waals surface area contributed by atoms with Crippen molar-refractivity contribution in [3.63, 3.8) is 0 Å². The van der Waals surface area contributed by atoms with Crippen molar-refractivity contribution in [2.45, 2.75) is 12.8 Å². The molecule has 0 aliphatic rings. The molecule has 88 valence electrons. The van der Waals surface area contributed by atoms with Crippen LogP contribution < -0.4 is 5.32 Å². The monoisotopic (exact) mass is 355 g/mol. The topological polar surface area (TPSA) is 29.1 Å². The highest BCUT2D eigenvalue weighted by Gasteiger charge is 2.11. The van der Waals surface area contributed by atoms with E-state index in [2.05, 4.69) is 27.9 Å². The summed E-state index contributed by atoms with van der Waals surface area (Å²) in [5.41, 5.74) is 0.00183. The van der Waals surface area contributed by atoms with Crippen LogP contribution in [-0.4, -0.2) is 16.9 Å². The molecule has 0 radical (unpaired) electrons. The van der Waals surface area contributed by atoms with E-state index in [1.807, 2.05) is 0 Å². The van der Waals surface area contributed by atoms with Crippen LogP contribution in [0.5, 0.6) is 0 Å². The molecule has 5 heteroatoms. The molecular formula is C11H12ClFINO. The van der Waals surface area contributed by atoms with Gasteiger partial charge in [-0.1, -0.05) is 34.2 Å². The molecule has 0 aliphatic heterocycles. The first-order chi connectivity index (χ1) is 7.65. The van der Waals surface area contributed by atoms with Crippen LogP contribution in [0.4, 0.5) is 4.39 Å². The Hall–Kier alpha value is -0.360. The van der Waals surface area contributed by atoms with Gasteiger partial charge in [0.15, 0.2) is 0 Å². The maximum Gasteiger partial charge on any atom is 0.254 e. The van der Waals surface area contributed by atoms with Gasteiger partial charge in [0.05, 0.1) is 5.56 Å². The van der Waals surface area contributed by atoms with Crippen molar-refractivity contribution in [1.29, 1.82) is 0 Å². The lowest BCUT2D eigenvalue weighted by Gasteiger charge is -2.05. The smallest absolute Gasteiger partial charge is 0.254 e. The highest BCUT2D eigenvalue weighted by atomic mass is 127. The molecule has 0 unspecified atom stereocenters. The molecule has 1 N–H and O–H groups in total. The Balaban J connectivity index is 2.55. The lowest BCUT2D eigenvalue weighted by Crippen LogP contribution is -2.25. The summed E-state index contributed by atoms with van der Waals surface area (Å²) >= 11 is 7.97. The quantitative estimate of drug-likeness (QED) is 0.489. The van der Waals surface area contributed by atoms with Crippen LogP contribution in [0.25, 0.3) is 0 Å². The van der Waals surface area contributed by atoms with E-state index in [0.29, 0.717) is 11.6 Å². The number of hydrogen-bond acceptors (Lipinski definition) is 1. The van der Waals surface area contributed by atoms with Gasteiger partial charge in [-0.25, -0.2) is 4.39 Å². The molecule has 0 heterocycles. The van der Waals surface area contributed by atoms with E-state index in [9.17, 15) is 9.18 Å². The third-order valence-corrected chi connectivity index (χ3v) is 3.02. The zero-order valence-electron chi connectivity index (χ0n) is 8.60. The van der Waals surface area contributed by atoms with Crippen molar-refractivity contribution >= 4 is 40.1 Å². The predicted octanol–water partition coefficient (Wildman–Crippen LogP) is 3.42. The second-order valence-electron chi connectivity index (χ2n) is 3.28. The average Bonchev–Trinajstić information content (AvgIpc) is 2.27. The number of carbonyl (C=O) groups excluding carboxylic acids is 1. The zero-order chi connectivity index (χ0) is 12.0. The number of benzene rings is 1. The van der Waals surface area contributed by atoms with Crippen molar-refractivity contribution in [2.24, 2.45) is 0 Å². The largest absolute Gasteiger partial charge is 0.352 e. The molecular weight excluding hydrogens is 343 g/mol. The van der Waals surface area contributed by atoms with E-state index in [1.54, 1.807) is 0 Å². The molecule has 0 saturated carbocycles. The summed E-state index contributed by atoms with van der Waals surface area (Å²) in [6, 6.07) is 3.95. The number of alkyl halides is 1. The summed E-state index contributed by atoms with van der Waals surface area (Å²) in [4.78, 5) is 11.6. The SMILES string of the molecule is O=C(NCCCCI)c1cc(Cl)ccc1F. The third kappa shape index (κ3) is 4.25. The molecule has 0 atom stereocenters. The summed E-state index contributed by atoms with van der Waals surface area (Å²) in [5.74, 6) is -0.954. The minimum atomic E-state index is -0.546. The standard InChI is InChI=1S/C11H12ClFINO/c12-8-3-4-10(13)9(7-8)11(16)15-6-2-1-5-14/h3-4,7H,1-2,5-6H2,(H,15,16). The number of rotatable bonds is 5. The van der Waals surface area contributed by atoms with Gasteiger partial charge in [0.25, 0.3) is 5.91 Å².